The van der Waals surface area contributed by atoms with Crippen LogP contribution in [0.3, 0.4) is 0 Å². The number of carbonyl (C=O) groups excluding carboxylic acids is 1. The maximum absolute atomic E-state index is 15.4. The standard InChI is InChI=1S/C27H27F2N7O2/c1-16-12-20-24(29)23(13-22(28)25(20)36(16)17(2)37)38-27-21(14-30)26(31-15-32-27)33-18-4-6-19(7-5-18)35-10-8-34(3)9-11-35/h4-7,12-13,15,22,25H,8-11H2,1-3H3,(H,31,32,33). The highest BCUT2D eigenvalue weighted by Crippen LogP contribution is 2.40. The van der Waals surface area contributed by atoms with E-state index in [1.165, 1.54) is 24.2 Å². The number of nitrogens with one attached hydrogen (secondary N) is 1. The molecule has 1 amide bonds. The Morgan fingerprint density at radius 1 is 1.18 bits per heavy atom. The van der Waals surface area contributed by atoms with Gasteiger partial charge in [-0.3, -0.25) is 4.79 Å². The molecule has 0 bridgehead atoms. The molecule has 2 aliphatic heterocycles. The number of halogens is 2. The highest BCUT2D eigenvalue weighted by atomic mass is 19.1. The molecule has 196 valence electrons. The SMILES string of the molecule is CC(=O)N1C(C)=CC2=C(F)C(Oc3ncnc(Nc4ccc(N5CCN(C)CC5)cc4)c3C#N)=CC(F)C21. The van der Waals surface area contributed by atoms with Crippen LogP contribution in [0, 0.1) is 11.3 Å². The van der Waals surface area contributed by atoms with Gasteiger partial charge in [-0.1, -0.05) is 0 Å². The Labute approximate surface area is 219 Å². The molecule has 2 aromatic rings. The Balaban J connectivity index is 1.36. The number of benzene rings is 1. The normalized spacial score (nSPS) is 21.5. The molecule has 38 heavy (non-hydrogen) atoms. The summed E-state index contributed by atoms with van der Waals surface area (Å²) in [6.07, 6.45) is 1.85. The number of piperazine rings is 1. The van der Waals surface area contributed by atoms with E-state index in [2.05, 4.69) is 32.1 Å². The van der Waals surface area contributed by atoms with Crippen LogP contribution in [0.4, 0.5) is 26.0 Å². The van der Waals surface area contributed by atoms with Gasteiger partial charge in [0, 0.05) is 55.7 Å². The number of alkyl halides is 1. The Morgan fingerprint density at radius 3 is 2.55 bits per heavy atom. The summed E-state index contributed by atoms with van der Waals surface area (Å²) >= 11 is 0. The fourth-order valence-corrected chi connectivity index (χ4v) is 4.92. The van der Waals surface area contributed by atoms with Crippen LogP contribution >= 0.6 is 0 Å². The Bertz CT molecular complexity index is 1390. The molecule has 2 unspecified atom stereocenters. The van der Waals surface area contributed by atoms with Crippen LogP contribution in [0.5, 0.6) is 5.88 Å². The van der Waals surface area contributed by atoms with Gasteiger partial charge >= 0.3 is 0 Å². The van der Waals surface area contributed by atoms with Gasteiger partial charge < -0.3 is 24.8 Å². The highest BCUT2D eigenvalue weighted by Gasteiger charge is 2.42. The van der Waals surface area contributed by atoms with Gasteiger partial charge in [0.2, 0.25) is 11.8 Å². The number of fused-ring (bicyclic) bond motifs is 1. The highest BCUT2D eigenvalue weighted by molar-refractivity contribution is 5.78. The molecule has 0 spiro atoms. The second-order valence-corrected chi connectivity index (χ2v) is 9.44. The zero-order valence-corrected chi connectivity index (χ0v) is 21.3. The number of hydrogen-bond acceptors (Lipinski definition) is 8. The molecule has 9 nitrogen and oxygen atoms in total. The summed E-state index contributed by atoms with van der Waals surface area (Å²) in [5.41, 5.74) is 2.18. The maximum atomic E-state index is 15.4. The number of anilines is 3. The first-order chi connectivity index (χ1) is 18.3. The predicted octanol–water partition coefficient (Wildman–Crippen LogP) is 3.82. The van der Waals surface area contributed by atoms with Crippen LogP contribution in [-0.4, -0.2) is 71.1 Å². The number of likely N-dealkylation sites (N-methyl/N-ethyl adjacent to an activating group) is 1. The van der Waals surface area contributed by atoms with Gasteiger partial charge in [0.1, 0.15) is 18.6 Å². The summed E-state index contributed by atoms with van der Waals surface area (Å²) in [5.74, 6) is -1.65. The fourth-order valence-electron chi connectivity index (χ4n) is 4.92. The third-order valence-electron chi connectivity index (χ3n) is 6.89. The summed E-state index contributed by atoms with van der Waals surface area (Å²) in [6.45, 7) is 6.80. The summed E-state index contributed by atoms with van der Waals surface area (Å²) in [6, 6.07) is 8.65. The topological polar surface area (TPSA) is 97.6 Å². The number of allylic oxidation sites excluding steroid dienone is 2. The molecule has 11 heteroatoms. The molecule has 1 aromatic heterocycles. The van der Waals surface area contributed by atoms with Crippen molar-refractivity contribution in [3.63, 3.8) is 0 Å². The number of carbonyl (C=O) groups is 1. The van der Waals surface area contributed by atoms with Crippen LogP contribution in [0.2, 0.25) is 0 Å². The van der Waals surface area contributed by atoms with Gasteiger partial charge in [-0.15, -0.1) is 0 Å². The van der Waals surface area contributed by atoms with E-state index in [0.29, 0.717) is 11.4 Å². The first-order valence-corrected chi connectivity index (χ1v) is 12.2. The molecule has 1 fully saturated rings. The number of hydrogen-bond donors (Lipinski definition) is 1. The summed E-state index contributed by atoms with van der Waals surface area (Å²) < 4.78 is 36.1. The quantitative estimate of drug-likeness (QED) is 0.637. The molecule has 1 aliphatic carbocycles. The van der Waals surface area contributed by atoms with Crippen molar-refractivity contribution in [2.45, 2.75) is 26.1 Å². The third kappa shape index (κ3) is 4.70. The zero-order chi connectivity index (χ0) is 27.0. The van der Waals surface area contributed by atoms with Gasteiger partial charge in [-0.2, -0.15) is 5.26 Å². The minimum atomic E-state index is -1.71. The van der Waals surface area contributed by atoms with Crippen molar-refractivity contribution in [1.82, 2.24) is 19.8 Å². The van der Waals surface area contributed by atoms with Crippen molar-refractivity contribution in [1.29, 1.82) is 5.26 Å². The number of rotatable bonds is 5. The molecule has 0 radical (unpaired) electrons. The van der Waals surface area contributed by atoms with E-state index in [-0.39, 0.29) is 28.7 Å². The molecule has 3 aliphatic rings. The lowest BCUT2D eigenvalue weighted by atomic mass is 9.96. The lowest BCUT2D eigenvalue weighted by Crippen LogP contribution is -2.44. The van der Waals surface area contributed by atoms with Gasteiger partial charge in [0.05, 0.1) is 6.04 Å². The van der Waals surface area contributed by atoms with E-state index in [9.17, 15) is 10.1 Å². The molecule has 1 N–H and O–H groups in total. The summed E-state index contributed by atoms with van der Waals surface area (Å²) in [5, 5.41) is 12.9. The lowest BCUT2D eigenvalue weighted by Gasteiger charge is -2.34. The van der Waals surface area contributed by atoms with Crippen LogP contribution in [0.15, 0.2) is 65.6 Å². The fraction of sp³-hybridized carbons (Fsp3) is 0.333. The number of amides is 1. The molecule has 3 heterocycles. The second-order valence-electron chi connectivity index (χ2n) is 9.44. The maximum Gasteiger partial charge on any atom is 0.242 e. The van der Waals surface area contributed by atoms with Gasteiger partial charge in [-0.05, 0) is 50.4 Å². The van der Waals surface area contributed by atoms with E-state index >= 15 is 8.78 Å². The first-order valence-electron chi connectivity index (χ1n) is 12.2. The predicted molar refractivity (Wildman–Crippen MR) is 138 cm³/mol. The van der Waals surface area contributed by atoms with Gasteiger partial charge in [0.15, 0.2) is 23.0 Å². The third-order valence-corrected chi connectivity index (χ3v) is 6.89. The minimum Gasteiger partial charge on any atom is -0.435 e. The second kappa shape index (κ2) is 10.2. The van der Waals surface area contributed by atoms with Crippen LogP contribution in [0.25, 0.3) is 0 Å². The molecule has 5 rings (SSSR count). The molecular formula is C27H27F2N7O2. The number of ether oxygens (including phenoxy) is 1. The van der Waals surface area contributed by atoms with Crippen LogP contribution in [0.1, 0.15) is 19.4 Å². The van der Waals surface area contributed by atoms with E-state index in [1.54, 1.807) is 6.92 Å². The van der Waals surface area contributed by atoms with Crippen molar-refractivity contribution in [3.05, 3.63) is 71.2 Å². The van der Waals surface area contributed by atoms with Gasteiger partial charge in [0.25, 0.3) is 0 Å². The largest absolute Gasteiger partial charge is 0.435 e. The summed E-state index contributed by atoms with van der Waals surface area (Å²) in [4.78, 5) is 25.9. The lowest BCUT2D eigenvalue weighted by molar-refractivity contribution is -0.128. The minimum absolute atomic E-state index is 0.00838. The average Bonchev–Trinajstić information content (AvgIpc) is 3.26. The van der Waals surface area contributed by atoms with E-state index in [4.69, 9.17) is 4.74 Å². The molecule has 1 saturated heterocycles. The molecule has 1 aromatic carbocycles. The summed E-state index contributed by atoms with van der Waals surface area (Å²) in [7, 11) is 2.11. The monoisotopic (exact) mass is 519 g/mol. The Kier molecular flexibility index (Phi) is 6.82. The van der Waals surface area contributed by atoms with Crippen molar-refractivity contribution >= 4 is 23.1 Å². The molecular weight excluding hydrogens is 492 g/mol. The Hall–Kier alpha value is -4.30. The van der Waals surface area contributed by atoms with Crippen molar-refractivity contribution in [3.8, 4) is 11.9 Å². The van der Waals surface area contributed by atoms with Crippen molar-refractivity contribution in [2.75, 3.05) is 43.4 Å². The number of nitriles is 1. The van der Waals surface area contributed by atoms with Gasteiger partial charge in [-0.25, -0.2) is 18.7 Å². The van der Waals surface area contributed by atoms with Crippen LogP contribution < -0.4 is 15.0 Å². The van der Waals surface area contributed by atoms with Crippen LogP contribution in [-0.2, 0) is 4.79 Å². The molecule has 0 saturated carbocycles. The number of nitrogens with zero attached hydrogens (tertiary/aromatic N) is 6. The zero-order valence-electron chi connectivity index (χ0n) is 21.3. The average molecular weight is 520 g/mol. The van der Waals surface area contributed by atoms with E-state index in [0.717, 1.165) is 37.9 Å². The molecule has 2 atom stereocenters. The van der Waals surface area contributed by atoms with E-state index in [1.807, 2.05) is 30.3 Å². The number of aromatic nitrogens is 2. The van der Waals surface area contributed by atoms with Crippen molar-refractivity contribution < 1.29 is 18.3 Å². The first kappa shape index (κ1) is 25.4. The van der Waals surface area contributed by atoms with E-state index < -0.39 is 23.8 Å². The Morgan fingerprint density at radius 2 is 1.89 bits per heavy atom. The smallest absolute Gasteiger partial charge is 0.242 e. The van der Waals surface area contributed by atoms with Crippen molar-refractivity contribution in [2.24, 2.45) is 0 Å².